The highest BCUT2D eigenvalue weighted by molar-refractivity contribution is 8.00. The highest BCUT2D eigenvalue weighted by atomic mass is 35.5. The van der Waals surface area contributed by atoms with E-state index in [-0.39, 0.29) is 11.8 Å². The van der Waals surface area contributed by atoms with Crippen molar-refractivity contribution in [1.29, 1.82) is 0 Å². The summed E-state index contributed by atoms with van der Waals surface area (Å²) in [6, 6.07) is 8.91. The van der Waals surface area contributed by atoms with Crippen LogP contribution < -0.4 is 0 Å². The van der Waals surface area contributed by atoms with E-state index < -0.39 is 0 Å². The molecule has 25 heavy (non-hydrogen) atoms. The van der Waals surface area contributed by atoms with Gasteiger partial charge in [0.15, 0.2) is 0 Å². The van der Waals surface area contributed by atoms with Crippen molar-refractivity contribution in [2.24, 2.45) is 0 Å². The molecule has 2 aromatic rings. The molecular weight excluding hydrogens is 399 g/mol. The van der Waals surface area contributed by atoms with E-state index >= 15 is 0 Å². The lowest BCUT2D eigenvalue weighted by Gasteiger charge is -2.34. The van der Waals surface area contributed by atoms with Crippen molar-refractivity contribution in [1.82, 2.24) is 9.80 Å². The maximum absolute atomic E-state index is 12.4. The van der Waals surface area contributed by atoms with Gasteiger partial charge in [0.05, 0.1) is 15.7 Å². The standard InChI is InChI=1S/C17H16Cl2N2O2S2/c18-12-3-4-13(19)15(10-12)25-11-16(22)20-5-7-21(8-6-20)17(23)14-2-1-9-24-14/h1-4,9-10H,5-8,11H2. The Hall–Kier alpha value is -1.21. The van der Waals surface area contributed by atoms with Gasteiger partial charge in [0.2, 0.25) is 5.91 Å². The van der Waals surface area contributed by atoms with Gasteiger partial charge in [0.1, 0.15) is 0 Å². The molecule has 1 saturated heterocycles. The first-order valence-corrected chi connectivity index (χ1v) is 10.3. The van der Waals surface area contributed by atoms with Crippen molar-refractivity contribution in [3.63, 3.8) is 0 Å². The van der Waals surface area contributed by atoms with Gasteiger partial charge in [-0.2, -0.15) is 0 Å². The number of benzene rings is 1. The molecular formula is C17H16Cl2N2O2S2. The van der Waals surface area contributed by atoms with Crippen LogP contribution in [0.2, 0.25) is 10.0 Å². The van der Waals surface area contributed by atoms with Crippen LogP contribution >= 0.6 is 46.3 Å². The summed E-state index contributed by atoms with van der Waals surface area (Å²) in [6.07, 6.45) is 0. The number of amides is 2. The minimum Gasteiger partial charge on any atom is -0.338 e. The third-order valence-electron chi connectivity index (χ3n) is 3.90. The van der Waals surface area contributed by atoms with Crippen LogP contribution in [0.5, 0.6) is 0 Å². The third kappa shape index (κ3) is 4.70. The van der Waals surface area contributed by atoms with E-state index in [1.54, 1.807) is 28.0 Å². The zero-order chi connectivity index (χ0) is 17.8. The van der Waals surface area contributed by atoms with Crippen molar-refractivity contribution in [2.45, 2.75) is 4.90 Å². The zero-order valence-electron chi connectivity index (χ0n) is 13.3. The molecule has 0 atom stereocenters. The van der Waals surface area contributed by atoms with Gasteiger partial charge < -0.3 is 9.80 Å². The number of piperazine rings is 1. The fourth-order valence-corrected chi connectivity index (χ4v) is 4.62. The molecule has 0 bridgehead atoms. The second-order valence-electron chi connectivity index (χ2n) is 5.51. The molecule has 0 saturated carbocycles. The topological polar surface area (TPSA) is 40.6 Å². The summed E-state index contributed by atoms with van der Waals surface area (Å²) >= 11 is 14.9. The molecule has 1 aromatic carbocycles. The minimum absolute atomic E-state index is 0.0437. The van der Waals surface area contributed by atoms with Gasteiger partial charge in [-0.15, -0.1) is 23.1 Å². The molecule has 0 unspecified atom stereocenters. The number of halogens is 2. The van der Waals surface area contributed by atoms with E-state index in [1.165, 1.54) is 23.1 Å². The Balaban J connectivity index is 1.50. The first-order chi connectivity index (χ1) is 12.0. The Kier molecular flexibility index (Phi) is 6.28. The Labute approximate surface area is 164 Å². The molecule has 0 N–H and O–H groups in total. The Morgan fingerprint density at radius 1 is 1.08 bits per heavy atom. The van der Waals surface area contributed by atoms with Crippen molar-refractivity contribution < 1.29 is 9.59 Å². The van der Waals surface area contributed by atoms with E-state index in [1.807, 2.05) is 17.5 Å². The van der Waals surface area contributed by atoms with Gasteiger partial charge in [0, 0.05) is 36.1 Å². The molecule has 2 heterocycles. The van der Waals surface area contributed by atoms with Crippen LogP contribution in [-0.2, 0) is 4.79 Å². The first kappa shape index (κ1) is 18.6. The van der Waals surface area contributed by atoms with E-state index in [0.717, 1.165) is 9.77 Å². The number of carbonyl (C=O) groups is 2. The van der Waals surface area contributed by atoms with Crippen molar-refractivity contribution in [3.05, 3.63) is 50.6 Å². The minimum atomic E-state index is 0.0437. The number of thiophene rings is 1. The van der Waals surface area contributed by atoms with Crippen LogP contribution in [0.3, 0.4) is 0 Å². The average Bonchev–Trinajstić information content (AvgIpc) is 3.16. The van der Waals surface area contributed by atoms with Gasteiger partial charge in [0.25, 0.3) is 5.91 Å². The third-order valence-corrected chi connectivity index (χ3v) is 6.47. The molecule has 3 rings (SSSR count). The number of carbonyl (C=O) groups excluding carboxylic acids is 2. The molecule has 1 aromatic heterocycles. The smallest absolute Gasteiger partial charge is 0.264 e. The van der Waals surface area contributed by atoms with Gasteiger partial charge in [-0.1, -0.05) is 29.3 Å². The summed E-state index contributed by atoms with van der Waals surface area (Å²) in [5.74, 6) is 0.394. The van der Waals surface area contributed by atoms with Crippen LogP contribution in [0.15, 0.2) is 40.6 Å². The molecule has 1 aliphatic rings. The van der Waals surface area contributed by atoms with Crippen LogP contribution in [0.1, 0.15) is 9.67 Å². The molecule has 0 radical (unpaired) electrons. The second kappa shape index (κ2) is 8.45. The average molecular weight is 415 g/mol. The summed E-state index contributed by atoms with van der Waals surface area (Å²) in [5.41, 5.74) is 0. The Bertz CT molecular complexity index is 760. The summed E-state index contributed by atoms with van der Waals surface area (Å²) in [7, 11) is 0. The lowest BCUT2D eigenvalue weighted by Crippen LogP contribution is -2.51. The number of nitrogens with zero attached hydrogens (tertiary/aromatic N) is 2. The van der Waals surface area contributed by atoms with Crippen LogP contribution in [0.4, 0.5) is 0 Å². The molecule has 1 fully saturated rings. The van der Waals surface area contributed by atoms with Crippen molar-refractivity contribution in [2.75, 3.05) is 31.9 Å². The maximum Gasteiger partial charge on any atom is 0.264 e. The summed E-state index contributed by atoms with van der Waals surface area (Å²) < 4.78 is 0. The Morgan fingerprint density at radius 2 is 1.80 bits per heavy atom. The Morgan fingerprint density at radius 3 is 2.48 bits per heavy atom. The summed E-state index contributed by atoms with van der Waals surface area (Å²) in [4.78, 5) is 29.9. The van der Waals surface area contributed by atoms with Gasteiger partial charge in [-0.25, -0.2) is 0 Å². The molecule has 0 spiro atoms. The van der Waals surface area contributed by atoms with Crippen LogP contribution in [0.25, 0.3) is 0 Å². The number of thioether (sulfide) groups is 1. The lowest BCUT2D eigenvalue weighted by atomic mass is 10.3. The van der Waals surface area contributed by atoms with E-state index in [2.05, 4.69) is 0 Å². The molecule has 132 valence electrons. The summed E-state index contributed by atoms with van der Waals surface area (Å²) in [5, 5.41) is 3.08. The van der Waals surface area contributed by atoms with E-state index in [0.29, 0.717) is 42.0 Å². The highest BCUT2D eigenvalue weighted by Gasteiger charge is 2.25. The van der Waals surface area contributed by atoms with Gasteiger partial charge >= 0.3 is 0 Å². The number of rotatable bonds is 4. The predicted molar refractivity (Wildman–Crippen MR) is 104 cm³/mol. The largest absolute Gasteiger partial charge is 0.338 e. The number of hydrogen-bond acceptors (Lipinski definition) is 4. The van der Waals surface area contributed by atoms with Crippen LogP contribution in [-0.4, -0.2) is 53.5 Å². The second-order valence-corrected chi connectivity index (χ2v) is 8.32. The molecule has 8 heteroatoms. The molecule has 1 aliphatic heterocycles. The fourth-order valence-electron chi connectivity index (χ4n) is 2.53. The fraction of sp³-hybridized carbons (Fsp3) is 0.294. The SMILES string of the molecule is O=C(CSc1cc(Cl)ccc1Cl)N1CCN(C(=O)c2cccs2)CC1. The van der Waals surface area contributed by atoms with E-state index in [9.17, 15) is 9.59 Å². The lowest BCUT2D eigenvalue weighted by molar-refractivity contribution is -0.129. The van der Waals surface area contributed by atoms with E-state index in [4.69, 9.17) is 23.2 Å². The first-order valence-electron chi connectivity index (χ1n) is 7.73. The van der Waals surface area contributed by atoms with Gasteiger partial charge in [-0.3, -0.25) is 9.59 Å². The molecule has 4 nitrogen and oxygen atoms in total. The van der Waals surface area contributed by atoms with Gasteiger partial charge in [-0.05, 0) is 29.6 Å². The highest BCUT2D eigenvalue weighted by Crippen LogP contribution is 2.30. The maximum atomic E-state index is 12.4. The molecule has 0 aliphatic carbocycles. The quantitative estimate of drug-likeness (QED) is 0.705. The summed E-state index contributed by atoms with van der Waals surface area (Å²) in [6.45, 7) is 2.23. The zero-order valence-corrected chi connectivity index (χ0v) is 16.4. The van der Waals surface area contributed by atoms with Crippen molar-refractivity contribution in [3.8, 4) is 0 Å². The predicted octanol–water partition coefficient (Wildman–Crippen LogP) is 4.13. The number of hydrogen-bond donors (Lipinski definition) is 0. The van der Waals surface area contributed by atoms with Crippen LogP contribution in [0, 0.1) is 0 Å². The van der Waals surface area contributed by atoms with Crippen molar-refractivity contribution >= 4 is 58.1 Å². The molecule has 2 amide bonds. The monoisotopic (exact) mass is 414 g/mol. The normalized spacial score (nSPS) is 14.6.